The van der Waals surface area contributed by atoms with Gasteiger partial charge < -0.3 is 20.4 Å². The van der Waals surface area contributed by atoms with Crippen LogP contribution in [-0.2, 0) is 66.7 Å². The average Bonchev–Trinajstić information content (AvgIpc) is 3.02. The summed E-state index contributed by atoms with van der Waals surface area (Å²) < 4.78 is 2.20. The summed E-state index contributed by atoms with van der Waals surface area (Å²) in [5, 5.41) is 47.6. The summed E-state index contributed by atoms with van der Waals surface area (Å²) in [7, 11) is 0. The first-order valence-electron chi connectivity index (χ1n) is 19.0. The van der Waals surface area contributed by atoms with E-state index in [1.807, 2.05) is 0 Å². The quantitative estimate of drug-likeness (QED) is 0.106. The first-order chi connectivity index (χ1) is 24.3. The van der Waals surface area contributed by atoms with E-state index in [1.54, 1.807) is 19.4 Å². The van der Waals surface area contributed by atoms with Crippen molar-refractivity contribution in [1.82, 2.24) is 0 Å². The molecule has 0 unspecified atom stereocenters. The molecule has 0 radical (unpaired) electrons. The van der Waals surface area contributed by atoms with Crippen molar-refractivity contribution >= 4 is 4.40 Å². The van der Waals surface area contributed by atoms with Gasteiger partial charge in [0.15, 0.2) is 0 Å². The van der Waals surface area contributed by atoms with Crippen molar-refractivity contribution in [3.8, 4) is 23.0 Å². The number of rotatable bonds is 2. The molecule has 4 nitrogen and oxygen atoms in total. The van der Waals surface area contributed by atoms with Crippen LogP contribution in [0.15, 0.2) is 48.5 Å². The van der Waals surface area contributed by atoms with Gasteiger partial charge in [-0.25, -0.2) is 0 Å². The van der Waals surface area contributed by atoms with Crippen LogP contribution in [0.5, 0.6) is 23.0 Å². The SMILES string of the molecule is CC(C)(C)c1cc2c(O)c(c1)Cc1cc(C(C)(C)C)cc(c1O)Cc1cc(C(C)(C)C)cc(c1O)Cc1cc(C(C)(C)C)cc(c1O)C2.[CH2-]CC[CH]=[W].[Li+]. The molecule has 1 aliphatic rings. The molecule has 4 N–H and O–H groups in total. The molecule has 0 aromatic heterocycles. The van der Waals surface area contributed by atoms with Gasteiger partial charge in [-0.05, 0) is 88.4 Å². The van der Waals surface area contributed by atoms with Gasteiger partial charge in [0.2, 0.25) is 0 Å². The number of hydrogen-bond donors (Lipinski definition) is 4. The van der Waals surface area contributed by atoms with Gasteiger partial charge in [-0.3, -0.25) is 0 Å². The van der Waals surface area contributed by atoms with Crippen LogP contribution < -0.4 is 18.9 Å². The maximum absolute atomic E-state index is 11.9. The fourth-order valence-corrected chi connectivity index (χ4v) is 7.35. The minimum atomic E-state index is -0.190. The van der Waals surface area contributed by atoms with Gasteiger partial charge >= 0.3 is 62.4 Å². The van der Waals surface area contributed by atoms with E-state index in [0.717, 1.165) is 73.2 Å². The maximum atomic E-state index is 11.9. The molecule has 6 heteroatoms. The van der Waals surface area contributed by atoms with Crippen LogP contribution in [-0.4, -0.2) is 24.8 Å². The van der Waals surface area contributed by atoms with E-state index in [4.69, 9.17) is 0 Å². The van der Waals surface area contributed by atoms with Crippen molar-refractivity contribution in [1.29, 1.82) is 0 Å². The molecule has 0 amide bonds. The molecule has 0 saturated carbocycles. The van der Waals surface area contributed by atoms with Crippen molar-refractivity contribution in [2.24, 2.45) is 0 Å². The molecule has 1 aliphatic carbocycles. The van der Waals surface area contributed by atoms with Gasteiger partial charge in [0.1, 0.15) is 23.0 Å². The fraction of sp³-hybridized carbons (Fsp3) is 0.458. The second-order valence-corrected chi connectivity index (χ2v) is 20.3. The summed E-state index contributed by atoms with van der Waals surface area (Å²) in [6.07, 6.45) is 3.60. The van der Waals surface area contributed by atoms with Gasteiger partial charge in [-0.2, -0.15) is 0 Å². The Morgan fingerprint density at radius 1 is 0.444 bits per heavy atom. The Morgan fingerprint density at radius 2 is 0.611 bits per heavy atom. The Kier molecular flexibility index (Phi) is 14.5. The van der Waals surface area contributed by atoms with Crippen LogP contribution >= 0.6 is 0 Å². The normalized spacial score (nSPS) is 13.4. The Labute approximate surface area is 349 Å². The van der Waals surface area contributed by atoms with E-state index < -0.39 is 0 Å². The second-order valence-electron chi connectivity index (χ2n) is 19.1. The zero-order valence-corrected chi connectivity index (χ0v) is 38.3. The van der Waals surface area contributed by atoms with Gasteiger partial charge in [-0.15, -0.1) is 0 Å². The fourth-order valence-electron chi connectivity index (χ4n) is 6.75. The third-order valence-corrected chi connectivity index (χ3v) is 11.2. The number of aromatic hydroxyl groups is 4. The van der Waals surface area contributed by atoms with Crippen LogP contribution in [0, 0.1) is 6.92 Å². The summed E-state index contributed by atoms with van der Waals surface area (Å²) in [4.78, 5) is 0. The van der Waals surface area contributed by atoms with Crippen LogP contribution in [0.3, 0.4) is 0 Å². The number of phenolic OH excluding ortho intramolecular Hbond substituents is 4. The zero-order valence-electron chi connectivity index (χ0n) is 35.3. The predicted octanol–water partition coefficient (Wildman–Crippen LogP) is 8.33. The molecular formula is C48H63LiO4W. The van der Waals surface area contributed by atoms with Crippen molar-refractivity contribution in [2.75, 3.05) is 0 Å². The Bertz CT molecular complexity index is 1610. The molecule has 5 rings (SSSR count). The Balaban J connectivity index is 0.00000122. The van der Waals surface area contributed by atoms with Crippen LogP contribution in [0.4, 0.5) is 0 Å². The van der Waals surface area contributed by atoms with Crippen molar-refractivity contribution in [2.45, 2.75) is 143 Å². The number of unbranched alkanes of at least 4 members (excludes halogenated alkanes) is 1. The first kappa shape index (κ1) is 45.6. The van der Waals surface area contributed by atoms with Crippen molar-refractivity contribution < 1.29 is 58.6 Å². The molecule has 0 saturated heterocycles. The summed E-state index contributed by atoms with van der Waals surface area (Å²) in [6.45, 7) is 29.6. The van der Waals surface area contributed by atoms with E-state index in [1.165, 1.54) is 6.42 Å². The first-order valence-corrected chi connectivity index (χ1v) is 20.7. The van der Waals surface area contributed by atoms with Crippen LogP contribution in [0.25, 0.3) is 0 Å². The molecule has 54 heavy (non-hydrogen) atoms. The molecule has 0 spiro atoms. The van der Waals surface area contributed by atoms with E-state index in [2.05, 4.69) is 143 Å². The summed E-state index contributed by atoms with van der Waals surface area (Å²) in [6, 6.07) is 16.5. The molecule has 0 atom stereocenters. The van der Waals surface area contributed by atoms with Gasteiger partial charge in [0.05, 0.1) is 0 Å². The van der Waals surface area contributed by atoms with E-state index in [9.17, 15) is 20.4 Å². The van der Waals surface area contributed by atoms with Gasteiger partial charge in [0, 0.05) is 25.7 Å². The standard InChI is InChI=1S/C44H56O4.C4H7.Li.W/c1-41(2,3)33-17-25-13-27-19-34(42(4,5)6)21-29(38(27)46)15-31-23-36(44(10,11)12)24-32(40(31)48)16-30-22-35(43(7,8)9)20-28(39(30)47)14-26(18-33)37(25)45;1-3-4-2;;/h17-24,45-48H,13-16H2,1-12H3;1H,2-4H2;;/q;-1;+1;. The number of phenols is 4. The smallest absolute Gasteiger partial charge is 1.00 e. The van der Waals surface area contributed by atoms with E-state index in [0.29, 0.717) is 25.7 Å². The largest absolute Gasteiger partial charge is 1.00 e. The van der Waals surface area contributed by atoms with Crippen molar-refractivity contribution in [3.05, 3.63) is 122 Å². The third kappa shape index (κ3) is 10.7. The average molecular weight is 895 g/mol. The van der Waals surface area contributed by atoms with E-state index >= 15 is 0 Å². The topological polar surface area (TPSA) is 80.9 Å². The van der Waals surface area contributed by atoms with Crippen molar-refractivity contribution in [3.63, 3.8) is 0 Å². The molecule has 8 bridgehead atoms. The summed E-state index contributed by atoms with van der Waals surface area (Å²) >= 11 is 1.56. The number of hydrogen-bond acceptors (Lipinski definition) is 4. The van der Waals surface area contributed by atoms with Crippen LogP contribution in [0.1, 0.15) is 163 Å². The van der Waals surface area contributed by atoms with Gasteiger partial charge in [-0.1, -0.05) is 132 Å². The molecule has 286 valence electrons. The Hall–Kier alpha value is -2.76. The second kappa shape index (κ2) is 17.2. The molecule has 0 aliphatic heterocycles. The maximum Gasteiger partial charge on any atom is 1.00 e. The molecule has 4 aromatic rings. The molecule has 4 aromatic carbocycles. The monoisotopic (exact) mass is 894 g/mol. The minimum absolute atomic E-state index is 0. The predicted molar refractivity (Wildman–Crippen MR) is 219 cm³/mol. The van der Waals surface area contributed by atoms with Crippen LogP contribution in [0.2, 0.25) is 0 Å². The van der Waals surface area contributed by atoms with E-state index in [-0.39, 0.29) is 63.5 Å². The summed E-state index contributed by atoms with van der Waals surface area (Å²) in [5.74, 6) is 0.767. The molecular weight excluding hydrogens is 831 g/mol. The van der Waals surface area contributed by atoms with Gasteiger partial charge in [0.25, 0.3) is 0 Å². The Morgan fingerprint density at radius 3 is 0.704 bits per heavy atom. The third-order valence-electron chi connectivity index (χ3n) is 10.4. The summed E-state index contributed by atoms with van der Waals surface area (Å²) in [5.41, 5.74) is 9.48. The zero-order chi connectivity index (χ0) is 39.8. The number of fused-ring (bicyclic) bond motifs is 8. The molecule has 0 heterocycles. The minimum Gasteiger partial charge on any atom is 1.00 e. The number of benzene rings is 4. The molecule has 0 fully saturated rings.